The van der Waals surface area contributed by atoms with Crippen molar-refractivity contribution in [2.75, 3.05) is 20.1 Å². The molecule has 0 saturated heterocycles. The minimum atomic E-state index is 0.710. The number of nitrogens with zero attached hydrogens (tertiary/aromatic N) is 3. The predicted octanol–water partition coefficient (Wildman–Crippen LogP) is 0.234. The summed E-state index contributed by atoms with van der Waals surface area (Å²) in [4.78, 5) is 4.06. The molecule has 82 valence electrons. The molecule has 0 radical (unpaired) electrons. The fourth-order valence-corrected chi connectivity index (χ4v) is 1.11. The number of aliphatic imine (C=N–C) groups is 1. The van der Waals surface area contributed by atoms with Crippen LogP contribution in [-0.4, -0.2) is 35.9 Å². The monoisotopic (exact) mass is 207 g/mol. The zero-order valence-corrected chi connectivity index (χ0v) is 8.98. The fraction of sp³-hybridized carbons (Fsp3) is 0.400. The first kappa shape index (κ1) is 11.3. The zero-order valence-electron chi connectivity index (χ0n) is 8.98. The maximum Gasteiger partial charge on any atom is 0.191 e. The van der Waals surface area contributed by atoms with E-state index in [1.807, 2.05) is 16.9 Å². The van der Waals surface area contributed by atoms with Crippen molar-refractivity contribution in [3.8, 4) is 0 Å². The summed E-state index contributed by atoms with van der Waals surface area (Å²) in [6.45, 7) is 5.95. The van der Waals surface area contributed by atoms with Crippen molar-refractivity contribution in [1.29, 1.82) is 0 Å². The van der Waals surface area contributed by atoms with Gasteiger partial charge in [0, 0.05) is 32.5 Å². The average Bonchev–Trinajstić information content (AvgIpc) is 2.76. The molecule has 1 aromatic heterocycles. The summed E-state index contributed by atoms with van der Waals surface area (Å²) in [5, 5.41) is 10.4. The van der Waals surface area contributed by atoms with Gasteiger partial charge >= 0.3 is 0 Å². The molecule has 0 amide bonds. The van der Waals surface area contributed by atoms with E-state index in [2.05, 4.69) is 27.3 Å². The van der Waals surface area contributed by atoms with Gasteiger partial charge in [-0.25, -0.2) is 0 Å². The number of nitrogens with one attached hydrogen (secondary N) is 2. The quantitative estimate of drug-likeness (QED) is 0.413. The van der Waals surface area contributed by atoms with Crippen molar-refractivity contribution in [1.82, 2.24) is 20.4 Å². The summed E-state index contributed by atoms with van der Waals surface area (Å²) in [5.74, 6) is 0.780. The van der Waals surface area contributed by atoms with E-state index in [0.717, 1.165) is 19.0 Å². The molecule has 1 rings (SSSR count). The van der Waals surface area contributed by atoms with Crippen molar-refractivity contribution >= 4 is 5.96 Å². The molecule has 0 atom stereocenters. The molecule has 5 nitrogen and oxygen atoms in total. The Morgan fingerprint density at radius 1 is 1.60 bits per heavy atom. The van der Waals surface area contributed by atoms with Crippen molar-refractivity contribution in [3.63, 3.8) is 0 Å². The maximum absolute atomic E-state index is 4.10. The maximum atomic E-state index is 4.10. The molecule has 5 heteroatoms. The van der Waals surface area contributed by atoms with E-state index < -0.39 is 0 Å². The van der Waals surface area contributed by atoms with Crippen LogP contribution in [-0.2, 0) is 6.54 Å². The Hall–Kier alpha value is -1.78. The molecule has 0 fully saturated rings. The topological polar surface area (TPSA) is 54.2 Å². The third-order valence-corrected chi connectivity index (χ3v) is 1.83. The highest BCUT2D eigenvalue weighted by Crippen LogP contribution is 1.82. The van der Waals surface area contributed by atoms with Crippen molar-refractivity contribution in [2.24, 2.45) is 4.99 Å². The Kier molecular flexibility index (Phi) is 5.00. The molecule has 2 N–H and O–H groups in total. The molecule has 0 bridgehead atoms. The Morgan fingerprint density at radius 3 is 3.07 bits per heavy atom. The van der Waals surface area contributed by atoms with Crippen LogP contribution >= 0.6 is 0 Å². The van der Waals surface area contributed by atoms with Gasteiger partial charge in [-0.2, -0.15) is 5.10 Å². The van der Waals surface area contributed by atoms with Crippen LogP contribution in [0.25, 0.3) is 0 Å². The lowest BCUT2D eigenvalue weighted by molar-refractivity contribution is 0.599. The van der Waals surface area contributed by atoms with Gasteiger partial charge in [0.1, 0.15) is 0 Å². The molecule has 0 aliphatic heterocycles. The van der Waals surface area contributed by atoms with Crippen molar-refractivity contribution < 1.29 is 0 Å². The first-order valence-corrected chi connectivity index (χ1v) is 4.89. The minimum absolute atomic E-state index is 0.710. The van der Waals surface area contributed by atoms with E-state index in [1.54, 1.807) is 19.3 Å². The molecule has 0 unspecified atom stereocenters. The Labute approximate surface area is 89.9 Å². The third-order valence-electron chi connectivity index (χ3n) is 1.83. The summed E-state index contributed by atoms with van der Waals surface area (Å²) in [7, 11) is 1.74. The molecule has 1 aromatic rings. The van der Waals surface area contributed by atoms with Crippen LogP contribution in [0.15, 0.2) is 36.1 Å². The fourth-order valence-electron chi connectivity index (χ4n) is 1.11. The highest BCUT2D eigenvalue weighted by Gasteiger charge is 1.94. The number of guanidine groups is 1. The van der Waals surface area contributed by atoms with Gasteiger partial charge in [-0.3, -0.25) is 9.67 Å². The first-order chi connectivity index (χ1) is 7.36. The Balaban J connectivity index is 2.20. The zero-order chi connectivity index (χ0) is 10.9. The second-order valence-electron chi connectivity index (χ2n) is 2.94. The van der Waals surface area contributed by atoms with Crippen LogP contribution in [0.4, 0.5) is 0 Å². The van der Waals surface area contributed by atoms with Crippen molar-refractivity contribution in [2.45, 2.75) is 6.54 Å². The SMILES string of the molecule is C=CCNC(=NC)NCCn1cccn1. The summed E-state index contributed by atoms with van der Waals surface area (Å²) >= 11 is 0. The highest BCUT2D eigenvalue weighted by atomic mass is 15.3. The lowest BCUT2D eigenvalue weighted by Gasteiger charge is -2.10. The molecule has 15 heavy (non-hydrogen) atoms. The second-order valence-corrected chi connectivity index (χ2v) is 2.94. The van der Waals surface area contributed by atoms with Crippen molar-refractivity contribution in [3.05, 3.63) is 31.1 Å². The van der Waals surface area contributed by atoms with Gasteiger partial charge in [0.05, 0.1) is 6.54 Å². The van der Waals surface area contributed by atoms with E-state index >= 15 is 0 Å². The summed E-state index contributed by atoms with van der Waals surface area (Å²) in [5.41, 5.74) is 0. The van der Waals surface area contributed by atoms with Gasteiger partial charge in [0.25, 0.3) is 0 Å². The van der Waals surface area contributed by atoms with Gasteiger partial charge in [-0.05, 0) is 6.07 Å². The number of rotatable bonds is 5. The van der Waals surface area contributed by atoms with E-state index in [-0.39, 0.29) is 0 Å². The molecular formula is C10H17N5. The second kappa shape index (κ2) is 6.64. The van der Waals surface area contributed by atoms with Crippen LogP contribution in [0.1, 0.15) is 0 Å². The van der Waals surface area contributed by atoms with E-state index in [1.165, 1.54) is 0 Å². The van der Waals surface area contributed by atoms with Crippen LogP contribution < -0.4 is 10.6 Å². The molecule has 1 heterocycles. The average molecular weight is 207 g/mol. The number of hydrogen-bond donors (Lipinski definition) is 2. The smallest absolute Gasteiger partial charge is 0.191 e. The molecule has 0 aromatic carbocycles. The van der Waals surface area contributed by atoms with Crippen LogP contribution in [0.3, 0.4) is 0 Å². The van der Waals surface area contributed by atoms with Crippen LogP contribution in [0.5, 0.6) is 0 Å². The largest absolute Gasteiger partial charge is 0.355 e. The summed E-state index contributed by atoms with van der Waals surface area (Å²) < 4.78 is 1.87. The lowest BCUT2D eigenvalue weighted by atomic mass is 10.6. The van der Waals surface area contributed by atoms with Gasteiger partial charge in [0.2, 0.25) is 0 Å². The normalized spacial score (nSPS) is 11.1. The molecular weight excluding hydrogens is 190 g/mol. The van der Waals surface area contributed by atoms with E-state index in [4.69, 9.17) is 0 Å². The van der Waals surface area contributed by atoms with Gasteiger partial charge in [0.15, 0.2) is 5.96 Å². The Morgan fingerprint density at radius 2 is 2.47 bits per heavy atom. The lowest BCUT2D eigenvalue weighted by Crippen LogP contribution is -2.38. The molecule has 0 saturated carbocycles. The van der Waals surface area contributed by atoms with Crippen LogP contribution in [0, 0.1) is 0 Å². The first-order valence-electron chi connectivity index (χ1n) is 4.89. The Bertz CT molecular complexity index is 302. The summed E-state index contributed by atoms with van der Waals surface area (Å²) in [6.07, 6.45) is 5.49. The molecule has 0 aliphatic rings. The standard InChI is InChI=1S/C10H17N5/c1-3-5-12-10(11-2)13-7-9-15-8-4-6-14-15/h3-4,6,8H,1,5,7,9H2,2H3,(H2,11,12,13). The third kappa shape index (κ3) is 4.30. The van der Waals surface area contributed by atoms with Crippen LogP contribution in [0.2, 0.25) is 0 Å². The number of aromatic nitrogens is 2. The summed E-state index contributed by atoms with van der Waals surface area (Å²) in [6, 6.07) is 1.91. The molecule has 0 aliphatic carbocycles. The molecule has 0 spiro atoms. The van der Waals surface area contributed by atoms with Gasteiger partial charge in [-0.15, -0.1) is 6.58 Å². The van der Waals surface area contributed by atoms with Gasteiger partial charge < -0.3 is 10.6 Å². The van der Waals surface area contributed by atoms with E-state index in [0.29, 0.717) is 6.54 Å². The number of hydrogen-bond acceptors (Lipinski definition) is 2. The highest BCUT2D eigenvalue weighted by molar-refractivity contribution is 5.79. The minimum Gasteiger partial charge on any atom is -0.355 e. The van der Waals surface area contributed by atoms with E-state index in [9.17, 15) is 0 Å². The van der Waals surface area contributed by atoms with Gasteiger partial charge in [-0.1, -0.05) is 6.08 Å². The predicted molar refractivity (Wildman–Crippen MR) is 61.8 cm³/mol.